The standard InChI is InChI=1S/C19H20ClN3O4/c1-12-21-19(27-22-12)14-3-2-6-23(11-14)17(24)5-4-13-9-15(20)18-16(10-13)25-7-8-26-18/h4-5,9-10,14H,2-3,6-8,11H2,1H3. The Morgan fingerprint density at radius 2 is 2.19 bits per heavy atom. The van der Waals surface area contributed by atoms with Crippen molar-refractivity contribution in [2.75, 3.05) is 26.3 Å². The van der Waals surface area contributed by atoms with E-state index >= 15 is 0 Å². The number of aromatic nitrogens is 2. The first-order chi connectivity index (χ1) is 13.1. The molecule has 3 heterocycles. The smallest absolute Gasteiger partial charge is 0.246 e. The maximum absolute atomic E-state index is 12.6. The predicted molar refractivity (Wildman–Crippen MR) is 99.1 cm³/mol. The number of halogens is 1. The van der Waals surface area contributed by atoms with Crippen molar-refractivity contribution in [3.8, 4) is 11.5 Å². The monoisotopic (exact) mass is 389 g/mol. The molecular weight excluding hydrogens is 370 g/mol. The third kappa shape index (κ3) is 3.93. The molecule has 7 nitrogen and oxygen atoms in total. The summed E-state index contributed by atoms with van der Waals surface area (Å²) in [6, 6.07) is 3.59. The number of ether oxygens (including phenoxy) is 2. The van der Waals surface area contributed by atoms with Gasteiger partial charge in [-0.25, -0.2) is 0 Å². The number of hydrogen-bond donors (Lipinski definition) is 0. The summed E-state index contributed by atoms with van der Waals surface area (Å²) >= 11 is 6.24. The second-order valence-electron chi connectivity index (χ2n) is 6.66. The molecule has 0 bridgehead atoms. The van der Waals surface area contributed by atoms with Crippen molar-refractivity contribution in [2.24, 2.45) is 0 Å². The molecule has 1 aromatic heterocycles. The number of carbonyl (C=O) groups is 1. The number of amides is 1. The van der Waals surface area contributed by atoms with E-state index in [-0.39, 0.29) is 11.8 Å². The predicted octanol–water partition coefficient (Wildman–Crippen LogP) is 3.22. The highest BCUT2D eigenvalue weighted by molar-refractivity contribution is 6.32. The first-order valence-electron chi connectivity index (χ1n) is 8.96. The van der Waals surface area contributed by atoms with Crippen LogP contribution in [0.3, 0.4) is 0 Å². The Bertz CT molecular complexity index is 880. The van der Waals surface area contributed by atoms with Crippen LogP contribution >= 0.6 is 11.6 Å². The lowest BCUT2D eigenvalue weighted by atomic mass is 9.98. The van der Waals surface area contributed by atoms with Crippen LogP contribution in [0, 0.1) is 6.92 Å². The first kappa shape index (κ1) is 17.9. The molecule has 8 heteroatoms. The van der Waals surface area contributed by atoms with Crippen LogP contribution in [0.4, 0.5) is 0 Å². The van der Waals surface area contributed by atoms with Crippen LogP contribution in [0.15, 0.2) is 22.7 Å². The largest absolute Gasteiger partial charge is 0.486 e. The van der Waals surface area contributed by atoms with Gasteiger partial charge in [0.1, 0.15) is 13.2 Å². The average Bonchev–Trinajstić information content (AvgIpc) is 3.13. The van der Waals surface area contributed by atoms with Gasteiger partial charge in [0.05, 0.1) is 10.9 Å². The first-order valence-corrected chi connectivity index (χ1v) is 9.34. The molecule has 0 aliphatic carbocycles. The fourth-order valence-electron chi connectivity index (χ4n) is 3.36. The fraction of sp³-hybridized carbons (Fsp3) is 0.421. The normalized spacial score (nSPS) is 19.5. The van der Waals surface area contributed by atoms with E-state index in [1.165, 1.54) is 0 Å². The van der Waals surface area contributed by atoms with E-state index in [1.54, 1.807) is 25.1 Å². The van der Waals surface area contributed by atoms with Crippen molar-refractivity contribution in [3.63, 3.8) is 0 Å². The zero-order chi connectivity index (χ0) is 18.8. The van der Waals surface area contributed by atoms with Crippen LogP contribution in [0.5, 0.6) is 11.5 Å². The second-order valence-corrected chi connectivity index (χ2v) is 7.07. The number of benzene rings is 1. The van der Waals surface area contributed by atoms with Crippen LogP contribution in [-0.2, 0) is 4.79 Å². The summed E-state index contributed by atoms with van der Waals surface area (Å²) in [5, 5.41) is 4.32. The highest BCUT2D eigenvalue weighted by atomic mass is 35.5. The summed E-state index contributed by atoms with van der Waals surface area (Å²) in [7, 11) is 0. The molecule has 1 saturated heterocycles. The molecule has 142 valence electrons. The minimum atomic E-state index is -0.0538. The summed E-state index contributed by atoms with van der Waals surface area (Å²) < 4.78 is 16.4. The van der Waals surface area contributed by atoms with Gasteiger partial charge >= 0.3 is 0 Å². The Morgan fingerprint density at radius 3 is 3.00 bits per heavy atom. The highest BCUT2D eigenvalue weighted by Crippen LogP contribution is 2.38. The molecule has 0 radical (unpaired) electrons. The van der Waals surface area contributed by atoms with Crippen molar-refractivity contribution >= 4 is 23.6 Å². The van der Waals surface area contributed by atoms with Crippen LogP contribution in [0.2, 0.25) is 5.02 Å². The molecule has 1 amide bonds. The van der Waals surface area contributed by atoms with E-state index in [9.17, 15) is 4.79 Å². The number of hydrogen-bond acceptors (Lipinski definition) is 6. The van der Waals surface area contributed by atoms with Crippen molar-refractivity contribution in [1.82, 2.24) is 15.0 Å². The van der Waals surface area contributed by atoms with Gasteiger partial charge in [-0.05, 0) is 43.5 Å². The summed E-state index contributed by atoms with van der Waals surface area (Å²) in [5.41, 5.74) is 0.790. The van der Waals surface area contributed by atoms with Gasteiger partial charge in [-0.2, -0.15) is 4.98 Å². The number of fused-ring (bicyclic) bond motifs is 1. The maximum atomic E-state index is 12.6. The zero-order valence-electron chi connectivity index (χ0n) is 15.0. The van der Waals surface area contributed by atoms with Gasteiger partial charge in [0.25, 0.3) is 0 Å². The van der Waals surface area contributed by atoms with E-state index in [1.807, 2.05) is 11.0 Å². The van der Waals surface area contributed by atoms with Gasteiger partial charge in [-0.1, -0.05) is 16.8 Å². The quantitative estimate of drug-likeness (QED) is 0.750. The van der Waals surface area contributed by atoms with Gasteiger partial charge in [0, 0.05) is 19.2 Å². The molecule has 2 aromatic rings. The third-order valence-electron chi connectivity index (χ3n) is 4.66. The van der Waals surface area contributed by atoms with Crippen molar-refractivity contribution in [2.45, 2.75) is 25.7 Å². The molecule has 4 rings (SSSR count). The van der Waals surface area contributed by atoms with Gasteiger partial charge in [-0.15, -0.1) is 0 Å². The Hall–Kier alpha value is -2.54. The minimum absolute atomic E-state index is 0.0538. The summed E-state index contributed by atoms with van der Waals surface area (Å²) in [6.45, 7) is 4.05. The van der Waals surface area contributed by atoms with Crippen molar-refractivity contribution < 1.29 is 18.8 Å². The molecule has 1 aromatic carbocycles. The van der Waals surface area contributed by atoms with Gasteiger partial charge in [-0.3, -0.25) is 4.79 Å². The molecule has 1 atom stereocenters. The average molecular weight is 390 g/mol. The van der Waals surface area contributed by atoms with Gasteiger partial charge < -0.3 is 18.9 Å². The Labute approximate surface area is 161 Å². The van der Waals surface area contributed by atoms with Crippen molar-refractivity contribution in [3.05, 3.63) is 40.5 Å². The highest BCUT2D eigenvalue weighted by Gasteiger charge is 2.27. The van der Waals surface area contributed by atoms with Crippen LogP contribution in [-0.4, -0.2) is 47.3 Å². The SMILES string of the molecule is Cc1noc(C2CCCN(C(=O)C=Cc3cc(Cl)c4c(c3)OCCO4)C2)n1. The number of likely N-dealkylation sites (tertiary alicyclic amines) is 1. The molecule has 2 aliphatic heterocycles. The molecule has 27 heavy (non-hydrogen) atoms. The van der Waals surface area contributed by atoms with Gasteiger partial charge in [0.15, 0.2) is 17.3 Å². The maximum Gasteiger partial charge on any atom is 0.246 e. The second kappa shape index (κ2) is 7.60. The number of nitrogens with zero attached hydrogens (tertiary/aromatic N) is 3. The molecule has 1 fully saturated rings. The summed E-state index contributed by atoms with van der Waals surface area (Å²) in [4.78, 5) is 18.7. The Kier molecular flexibility index (Phi) is 5.03. The van der Waals surface area contributed by atoms with Crippen LogP contribution in [0.1, 0.15) is 36.0 Å². The van der Waals surface area contributed by atoms with E-state index in [0.717, 1.165) is 18.4 Å². The molecular formula is C19H20ClN3O4. The Morgan fingerprint density at radius 1 is 1.33 bits per heavy atom. The van der Waals surface area contributed by atoms with Gasteiger partial charge in [0.2, 0.25) is 11.8 Å². The summed E-state index contributed by atoms with van der Waals surface area (Å²) in [6.07, 6.45) is 5.14. The lowest BCUT2D eigenvalue weighted by molar-refractivity contribution is -0.127. The molecule has 0 spiro atoms. The van der Waals surface area contributed by atoms with E-state index < -0.39 is 0 Å². The number of carbonyl (C=O) groups excluding carboxylic acids is 1. The molecule has 2 aliphatic rings. The zero-order valence-corrected chi connectivity index (χ0v) is 15.7. The molecule has 1 unspecified atom stereocenters. The lowest BCUT2D eigenvalue weighted by Crippen LogP contribution is -2.38. The Balaban J connectivity index is 1.44. The van der Waals surface area contributed by atoms with Crippen molar-refractivity contribution in [1.29, 1.82) is 0 Å². The third-order valence-corrected chi connectivity index (χ3v) is 4.94. The molecule has 0 N–H and O–H groups in total. The van der Waals surface area contributed by atoms with E-state index in [2.05, 4.69) is 10.1 Å². The fourth-order valence-corrected chi connectivity index (χ4v) is 3.63. The number of piperidine rings is 1. The lowest BCUT2D eigenvalue weighted by Gasteiger charge is -2.30. The minimum Gasteiger partial charge on any atom is -0.486 e. The summed E-state index contributed by atoms with van der Waals surface area (Å²) in [5.74, 6) is 2.41. The topological polar surface area (TPSA) is 77.7 Å². The van der Waals surface area contributed by atoms with E-state index in [0.29, 0.717) is 54.5 Å². The molecule has 0 saturated carbocycles. The number of aryl methyl sites for hydroxylation is 1. The van der Waals surface area contributed by atoms with Crippen LogP contribution in [0.25, 0.3) is 6.08 Å². The van der Waals surface area contributed by atoms with E-state index in [4.69, 9.17) is 25.6 Å². The number of rotatable bonds is 3. The van der Waals surface area contributed by atoms with Crippen LogP contribution < -0.4 is 9.47 Å².